The number of ether oxygens (including phenoxy) is 4. The lowest BCUT2D eigenvalue weighted by atomic mass is 10.2. The van der Waals surface area contributed by atoms with Crippen molar-refractivity contribution in [3.8, 4) is 17.4 Å². The van der Waals surface area contributed by atoms with Gasteiger partial charge in [0.25, 0.3) is 5.88 Å². The van der Waals surface area contributed by atoms with Gasteiger partial charge < -0.3 is 18.9 Å². The highest BCUT2D eigenvalue weighted by Gasteiger charge is 2.43. The van der Waals surface area contributed by atoms with E-state index >= 15 is 0 Å². The van der Waals surface area contributed by atoms with Gasteiger partial charge in [0, 0.05) is 32.1 Å². The van der Waals surface area contributed by atoms with Crippen molar-refractivity contribution in [2.24, 2.45) is 0 Å². The number of allylic oxidation sites excluding steroid dienone is 2. The summed E-state index contributed by atoms with van der Waals surface area (Å²) in [6, 6.07) is 3.78. The fourth-order valence-corrected chi connectivity index (χ4v) is 3.32. The summed E-state index contributed by atoms with van der Waals surface area (Å²) in [7, 11) is 2.44. The van der Waals surface area contributed by atoms with Crippen molar-refractivity contribution < 1.29 is 41.3 Å². The first-order chi connectivity index (χ1) is 17.4. The molecule has 2 amide bonds. The maximum atomic E-state index is 14.9. The van der Waals surface area contributed by atoms with Gasteiger partial charge >= 0.3 is 12.2 Å². The van der Waals surface area contributed by atoms with Gasteiger partial charge in [-0.25, -0.2) is 14.2 Å². The molecule has 2 aromatic rings. The Labute approximate surface area is 214 Å². The van der Waals surface area contributed by atoms with E-state index in [2.05, 4.69) is 18.1 Å². The Bertz CT molecular complexity index is 1240. The van der Waals surface area contributed by atoms with Gasteiger partial charge in [0.2, 0.25) is 0 Å². The number of carbonyl (C=O) groups excluding carboxylic acids is 1. The van der Waals surface area contributed by atoms with E-state index in [0.717, 1.165) is 19.2 Å². The molecule has 0 atom stereocenters. The van der Waals surface area contributed by atoms with E-state index < -0.39 is 35.1 Å². The Kier molecular flexibility index (Phi) is 8.66. The van der Waals surface area contributed by atoms with Gasteiger partial charge in [0.05, 0.1) is 17.3 Å². The Morgan fingerprint density at radius 3 is 2.62 bits per heavy atom. The van der Waals surface area contributed by atoms with Crippen LogP contribution in [-0.2, 0) is 9.47 Å². The number of alkyl halides is 3. The van der Waals surface area contributed by atoms with E-state index in [1.165, 1.54) is 19.4 Å². The van der Waals surface area contributed by atoms with Crippen LogP contribution in [0.1, 0.15) is 0 Å². The molecule has 13 heteroatoms. The van der Waals surface area contributed by atoms with Gasteiger partial charge in [-0.05, 0) is 24.3 Å². The predicted molar refractivity (Wildman–Crippen MR) is 127 cm³/mol. The van der Waals surface area contributed by atoms with E-state index in [1.54, 1.807) is 6.07 Å². The topological polar surface area (TPSA) is 73.4 Å². The van der Waals surface area contributed by atoms with Crippen molar-refractivity contribution in [2.75, 3.05) is 38.9 Å². The molecule has 198 valence electrons. The van der Waals surface area contributed by atoms with Crippen molar-refractivity contribution in [1.82, 2.24) is 9.88 Å². The van der Waals surface area contributed by atoms with Crippen LogP contribution in [0.5, 0.6) is 17.4 Å². The highest BCUT2D eigenvalue weighted by Crippen LogP contribution is 2.41. The molecule has 0 spiro atoms. The molecule has 2 heterocycles. The van der Waals surface area contributed by atoms with Crippen LogP contribution in [0.4, 0.5) is 28.0 Å². The van der Waals surface area contributed by atoms with Gasteiger partial charge in [0.15, 0.2) is 5.75 Å². The maximum Gasteiger partial charge on any atom is 0.431 e. The fourth-order valence-electron chi connectivity index (χ4n) is 3.13. The molecule has 0 N–H and O–H groups in total. The number of anilines is 1. The second kappa shape index (κ2) is 11.5. The van der Waals surface area contributed by atoms with Gasteiger partial charge in [0.1, 0.15) is 36.2 Å². The number of benzene rings is 1. The average molecular weight is 544 g/mol. The van der Waals surface area contributed by atoms with Crippen molar-refractivity contribution in [3.05, 3.63) is 77.7 Å². The normalized spacial score (nSPS) is 14.0. The summed E-state index contributed by atoms with van der Waals surface area (Å²) >= 11 is 6.16. The summed E-state index contributed by atoms with van der Waals surface area (Å²) in [6.07, 6.45) is -2.75. The number of urea groups is 1. The number of methoxy groups -OCH3 is 1. The molecule has 8 nitrogen and oxygen atoms in total. The lowest BCUT2D eigenvalue weighted by Crippen LogP contribution is -2.46. The zero-order valence-electron chi connectivity index (χ0n) is 19.8. The largest absolute Gasteiger partial charge is 0.493 e. The monoisotopic (exact) mass is 543 g/mol. The van der Waals surface area contributed by atoms with Gasteiger partial charge in [-0.15, -0.1) is 0 Å². The molecular formula is C24H22ClF4N3O5. The van der Waals surface area contributed by atoms with Gasteiger partial charge in [-0.2, -0.15) is 13.2 Å². The van der Waals surface area contributed by atoms with Gasteiger partial charge in [-0.3, -0.25) is 9.80 Å². The van der Waals surface area contributed by atoms with Crippen molar-refractivity contribution in [1.29, 1.82) is 0 Å². The summed E-state index contributed by atoms with van der Waals surface area (Å²) in [5, 5.41) is -0.182. The standard InChI is InChI=1S/C24H22ClF4N3O5/c1-14-10-21(24(27,28)29)31(3)23(33)32(14)18-12-20(16(25)11-17(18)26)37-19-6-5-7-30-22(19)36-13-15(2)35-9-8-34-4/h5-7,10-12H,1-2,8-9,13H2,3-4H3. The van der Waals surface area contributed by atoms with Crippen molar-refractivity contribution >= 4 is 23.3 Å². The zero-order valence-corrected chi connectivity index (χ0v) is 20.5. The second-order valence-electron chi connectivity index (χ2n) is 7.51. The smallest absolute Gasteiger partial charge is 0.431 e. The van der Waals surface area contributed by atoms with Crippen LogP contribution in [0.2, 0.25) is 5.02 Å². The Morgan fingerprint density at radius 2 is 1.95 bits per heavy atom. The van der Waals surface area contributed by atoms with Crippen LogP contribution in [0.3, 0.4) is 0 Å². The maximum absolute atomic E-state index is 14.9. The molecule has 3 rings (SSSR count). The van der Waals surface area contributed by atoms with Gasteiger partial charge in [-0.1, -0.05) is 24.8 Å². The first-order valence-corrected chi connectivity index (χ1v) is 10.9. The molecule has 0 unspecified atom stereocenters. The molecule has 0 saturated heterocycles. The third-order valence-corrected chi connectivity index (χ3v) is 5.18. The predicted octanol–water partition coefficient (Wildman–Crippen LogP) is 6.05. The van der Waals surface area contributed by atoms with Crippen LogP contribution in [0.25, 0.3) is 0 Å². The molecule has 0 aliphatic carbocycles. The molecule has 0 bridgehead atoms. The molecule has 1 aromatic carbocycles. The molecular weight excluding hydrogens is 522 g/mol. The highest BCUT2D eigenvalue weighted by molar-refractivity contribution is 6.32. The minimum Gasteiger partial charge on any atom is -0.493 e. The van der Waals surface area contributed by atoms with E-state index in [1.807, 2.05) is 0 Å². The molecule has 37 heavy (non-hydrogen) atoms. The quantitative estimate of drug-likeness (QED) is 0.206. The highest BCUT2D eigenvalue weighted by atomic mass is 35.5. The molecule has 0 saturated carbocycles. The number of halogens is 5. The van der Waals surface area contributed by atoms with E-state index in [4.69, 9.17) is 30.5 Å². The second-order valence-corrected chi connectivity index (χ2v) is 7.91. The number of carbonyl (C=O) groups is 1. The Hall–Kier alpha value is -3.77. The lowest BCUT2D eigenvalue weighted by Gasteiger charge is -2.35. The summed E-state index contributed by atoms with van der Waals surface area (Å²) in [5.74, 6) is -0.715. The summed E-state index contributed by atoms with van der Waals surface area (Å²) in [6.45, 7) is 7.77. The number of amides is 2. The number of rotatable bonds is 10. The van der Waals surface area contributed by atoms with E-state index in [-0.39, 0.29) is 35.6 Å². The summed E-state index contributed by atoms with van der Waals surface area (Å²) < 4.78 is 76.2. The van der Waals surface area contributed by atoms with Crippen LogP contribution in [0.15, 0.2) is 66.8 Å². The number of pyridine rings is 1. The van der Waals surface area contributed by atoms with Crippen LogP contribution in [-0.4, -0.2) is 56.1 Å². The number of hydrogen-bond donors (Lipinski definition) is 0. The molecule has 1 aliphatic heterocycles. The Balaban J connectivity index is 1.87. The molecule has 1 aliphatic rings. The zero-order chi connectivity index (χ0) is 27.3. The third-order valence-electron chi connectivity index (χ3n) is 4.88. The summed E-state index contributed by atoms with van der Waals surface area (Å²) in [4.78, 5) is 17.9. The number of aromatic nitrogens is 1. The number of hydrogen-bond acceptors (Lipinski definition) is 6. The van der Waals surface area contributed by atoms with Crippen molar-refractivity contribution in [3.63, 3.8) is 0 Å². The van der Waals surface area contributed by atoms with E-state index in [9.17, 15) is 22.4 Å². The minimum atomic E-state index is -4.82. The fraction of sp³-hybridized carbons (Fsp3) is 0.250. The van der Waals surface area contributed by atoms with Crippen LogP contribution < -0.4 is 14.4 Å². The number of nitrogens with zero attached hydrogens (tertiary/aromatic N) is 3. The van der Waals surface area contributed by atoms with Crippen LogP contribution in [0, 0.1) is 5.82 Å². The SMILES string of the molecule is C=C(COc1ncccc1Oc1cc(N2C(=C)C=C(C(F)(F)F)N(C)C2=O)c(F)cc1Cl)OCCOC. The van der Waals surface area contributed by atoms with Crippen molar-refractivity contribution in [2.45, 2.75) is 6.18 Å². The third kappa shape index (κ3) is 6.52. The van der Waals surface area contributed by atoms with Crippen LogP contribution >= 0.6 is 11.6 Å². The average Bonchev–Trinajstić information content (AvgIpc) is 2.83. The Morgan fingerprint density at radius 1 is 1.22 bits per heavy atom. The minimum absolute atomic E-state index is 0.0249. The lowest BCUT2D eigenvalue weighted by molar-refractivity contribution is -0.106. The first kappa shape index (κ1) is 27.8. The molecule has 0 radical (unpaired) electrons. The summed E-state index contributed by atoms with van der Waals surface area (Å²) in [5.41, 5.74) is -2.07. The first-order valence-electron chi connectivity index (χ1n) is 10.5. The molecule has 1 aromatic heterocycles. The van der Waals surface area contributed by atoms with E-state index in [0.29, 0.717) is 28.2 Å². The molecule has 0 fully saturated rings.